The van der Waals surface area contributed by atoms with E-state index in [4.69, 9.17) is 0 Å². The third-order valence-electron chi connectivity index (χ3n) is 2.40. The highest BCUT2D eigenvalue weighted by Crippen LogP contribution is 2.06. The smallest absolute Gasteiger partial charge is 0.180 e. The number of unbranched alkanes of at least 4 members (excludes halogenated alkanes) is 3. The molecule has 1 aliphatic heterocycles. The number of dihydropyridines is 1. The maximum atomic E-state index is 11.6. The largest absolute Gasteiger partial charge is 0.292 e. The maximum Gasteiger partial charge on any atom is 0.180 e. The van der Waals surface area contributed by atoms with E-state index in [1.54, 1.807) is 0 Å². The van der Waals surface area contributed by atoms with Crippen LogP contribution in [0.3, 0.4) is 0 Å². The highest BCUT2D eigenvalue weighted by atomic mass is 16.1. The van der Waals surface area contributed by atoms with Crippen LogP contribution >= 0.6 is 0 Å². The van der Waals surface area contributed by atoms with Crippen LogP contribution in [-0.4, -0.2) is 18.0 Å². The first-order chi connectivity index (χ1) is 6.84. The quantitative estimate of drug-likeness (QED) is 0.596. The Bertz CT molecular complexity index is 241. The van der Waals surface area contributed by atoms with Crippen molar-refractivity contribution < 1.29 is 4.79 Å². The van der Waals surface area contributed by atoms with E-state index in [2.05, 4.69) is 11.9 Å². The van der Waals surface area contributed by atoms with Gasteiger partial charge in [-0.15, -0.1) is 0 Å². The summed E-state index contributed by atoms with van der Waals surface area (Å²) in [6.45, 7) is 2.96. The molecule has 1 heterocycles. The van der Waals surface area contributed by atoms with Crippen molar-refractivity contribution in [2.24, 2.45) is 4.99 Å². The lowest BCUT2D eigenvalue weighted by Gasteiger charge is -2.04. The number of hydrogen-bond acceptors (Lipinski definition) is 2. The Balaban J connectivity index is 2.21. The van der Waals surface area contributed by atoms with E-state index in [0.29, 0.717) is 12.1 Å². The molecule has 0 fully saturated rings. The van der Waals surface area contributed by atoms with Crippen molar-refractivity contribution in [2.45, 2.75) is 45.4 Å². The topological polar surface area (TPSA) is 29.4 Å². The summed E-state index contributed by atoms with van der Waals surface area (Å²) in [5.41, 5.74) is 0.688. The molecule has 0 aromatic carbocycles. The molecule has 0 aromatic heterocycles. The predicted octanol–water partition coefficient (Wildman–Crippen LogP) is 2.93. The van der Waals surface area contributed by atoms with Crippen molar-refractivity contribution in [3.63, 3.8) is 0 Å². The maximum absolute atomic E-state index is 11.6. The molecule has 0 aliphatic carbocycles. The summed E-state index contributed by atoms with van der Waals surface area (Å²) in [5.74, 6) is 0.219. The molecule has 0 N–H and O–H groups in total. The number of allylic oxidation sites excluding steroid dienone is 1. The first-order valence-electron chi connectivity index (χ1n) is 5.58. The third-order valence-corrected chi connectivity index (χ3v) is 2.40. The third kappa shape index (κ3) is 3.86. The number of aliphatic imine (C=N–C) groups is 1. The van der Waals surface area contributed by atoms with Gasteiger partial charge >= 0.3 is 0 Å². The number of carbonyl (C=O) groups is 1. The molecule has 2 heteroatoms. The molecule has 0 spiro atoms. The van der Waals surface area contributed by atoms with Crippen LogP contribution in [0.25, 0.3) is 0 Å². The van der Waals surface area contributed by atoms with Crippen LogP contribution in [0.2, 0.25) is 0 Å². The zero-order valence-corrected chi connectivity index (χ0v) is 8.96. The molecule has 0 saturated carbocycles. The Morgan fingerprint density at radius 3 is 2.93 bits per heavy atom. The molecule has 0 atom stereocenters. The molecule has 0 bridgehead atoms. The second-order valence-electron chi connectivity index (χ2n) is 3.69. The molecular formula is C12H19NO. The van der Waals surface area contributed by atoms with Crippen LogP contribution in [0.5, 0.6) is 0 Å². The predicted molar refractivity (Wildman–Crippen MR) is 59.8 cm³/mol. The standard InChI is InChI=1S/C12H19NO/c1-2-3-4-5-9-12(14)11-8-6-7-10-13-11/h6,8H,2-5,7,9-10H2,1H3. The van der Waals surface area contributed by atoms with Gasteiger partial charge in [-0.3, -0.25) is 9.79 Å². The summed E-state index contributed by atoms with van der Waals surface area (Å²) >= 11 is 0. The molecule has 14 heavy (non-hydrogen) atoms. The fourth-order valence-corrected chi connectivity index (χ4v) is 1.53. The van der Waals surface area contributed by atoms with E-state index in [-0.39, 0.29) is 5.78 Å². The average Bonchev–Trinajstić information content (AvgIpc) is 2.25. The number of Topliss-reactive ketones (excluding diaryl/α,β-unsaturated/α-hetero) is 1. The SMILES string of the molecule is CCCCCCC(=O)C1=NCCC=C1. The van der Waals surface area contributed by atoms with E-state index in [9.17, 15) is 4.79 Å². The van der Waals surface area contributed by atoms with Crippen molar-refractivity contribution in [1.29, 1.82) is 0 Å². The van der Waals surface area contributed by atoms with Gasteiger partial charge in [0.1, 0.15) is 5.71 Å². The number of ketones is 1. The van der Waals surface area contributed by atoms with Gasteiger partial charge in [0.25, 0.3) is 0 Å². The van der Waals surface area contributed by atoms with Crippen LogP contribution in [0.4, 0.5) is 0 Å². The van der Waals surface area contributed by atoms with Gasteiger partial charge in [-0.05, 0) is 18.9 Å². The Labute approximate surface area is 86.1 Å². The van der Waals surface area contributed by atoms with E-state index >= 15 is 0 Å². The van der Waals surface area contributed by atoms with Crippen LogP contribution in [0.15, 0.2) is 17.1 Å². The van der Waals surface area contributed by atoms with Gasteiger partial charge in [0.05, 0.1) is 0 Å². The molecule has 0 unspecified atom stereocenters. The monoisotopic (exact) mass is 193 g/mol. The Kier molecular flexibility index (Phi) is 5.20. The average molecular weight is 193 g/mol. The highest BCUT2D eigenvalue weighted by Gasteiger charge is 2.09. The molecular weight excluding hydrogens is 174 g/mol. The summed E-state index contributed by atoms with van der Waals surface area (Å²) in [4.78, 5) is 15.8. The fraction of sp³-hybridized carbons (Fsp3) is 0.667. The summed E-state index contributed by atoms with van der Waals surface area (Å²) < 4.78 is 0. The normalized spacial score (nSPS) is 15.4. The molecule has 0 aromatic rings. The Hall–Kier alpha value is -0.920. The van der Waals surface area contributed by atoms with E-state index in [1.165, 1.54) is 19.3 Å². The number of carbonyl (C=O) groups excluding carboxylic acids is 1. The molecule has 0 radical (unpaired) electrons. The lowest BCUT2D eigenvalue weighted by molar-refractivity contribution is -0.113. The van der Waals surface area contributed by atoms with Crippen molar-refractivity contribution in [3.8, 4) is 0 Å². The summed E-state index contributed by atoms with van der Waals surface area (Å²) in [6, 6.07) is 0. The van der Waals surface area contributed by atoms with Crippen LogP contribution in [0, 0.1) is 0 Å². The minimum atomic E-state index is 0.219. The van der Waals surface area contributed by atoms with Crippen molar-refractivity contribution in [2.75, 3.05) is 6.54 Å². The number of rotatable bonds is 6. The van der Waals surface area contributed by atoms with E-state index in [0.717, 1.165) is 19.4 Å². The lowest BCUT2D eigenvalue weighted by atomic mass is 10.1. The van der Waals surface area contributed by atoms with E-state index in [1.807, 2.05) is 12.2 Å². The summed E-state index contributed by atoms with van der Waals surface area (Å²) in [7, 11) is 0. The molecule has 78 valence electrons. The van der Waals surface area contributed by atoms with Gasteiger partial charge in [0.2, 0.25) is 0 Å². The van der Waals surface area contributed by atoms with Gasteiger partial charge < -0.3 is 0 Å². The first-order valence-corrected chi connectivity index (χ1v) is 5.58. The molecule has 0 amide bonds. The Morgan fingerprint density at radius 2 is 2.29 bits per heavy atom. The minimum absolute atomic E-state index is 0.219. The molecule has 0 saturated heterocycles. The lowest BCUT2D eigenvalue weighted by Crippen LogP contribution is -2.13. The minimum Gasteiger partial charge on any atom is -0.292 e. The van der Waals surface area contributed by atoms with Gasteiger partial charge in [-0.25, -0.2) is 0 Å². The van der Waals surface area contributed by atoms with Gasteiger partial charge in [-0.1, -0.05) is 32.3 Å². The second kappa shape index (κ2) is 6.52. The second-order valence-corrected chi connectivity index (χ2v) is 3.69. The van der Waals surface area contributed by atoms with Crippen LogP contribution < -0.4 is 0 Å². The fourth-order valence-electron chi connectivity index (χ4n) is 1.53. The van der Waals surface area contributed by atoms with Crippen molar-refractivity contribution in [1.82, 2.24) is 0 Å². The van der Waals surface area contributed by atoms with Crippen LogP contribution in [0.1, 0.15) is 45.4 Å². The van der Waals surface area contributed by atoms with Crippen LogP contribution in [-0.2, 0) is 4.79 Å². The summed E-state index contributed by atoms with van der Waals surface area (Å²) in [6.07, 6.45) is 10.2. The first kappa shape index (κ1) is 11.2. The van der Waals surface area contributed by atoms with Gasteiger partial charge in [-0.2, -0.15) is 0 Å². The summed E-state index contributed by atoms with van der Waals surface area (Å²) in [5, 5.41) is 0. The number of hydrogen-bond donors (Lipinski definition) is 0. The van der Waals surface area contributed by atoms with Crippen molar-refractivity contribution >= 4 is 11.5 Å². The molecule has 2 nitrogen and oxygen atoms in total. The van der Waals surface area contributed by atoms with Gasteiger partial charge in [0, 0.05) is 13.0 Å². The zero-order valence-electron chi connectivity index (χ0n) is 8.96. The molecule has 1 rings (SSSR count). The van der Waals surface area contributed by atoms with Crippen molar-refractivity contribution in [3.05, 3.63) is 12.2 Å². The van der Waals surface area contributed by atoms with E-state index < -0.39 is 0 Å². The zero-order chi connectivity index (χ0) is 10.2. The Morgan fingerprint density at radius 1 is 1.43 bits per heavy atom. The highest BCUT2D eigenvalue weighted by molar-refractivity contribution is 6.44. The number of nitrogens with zero attached hydrogens (tertiary/aromatic N) is 1. The molecule has 1 aliphatic rings. The van der Waals surface area contributed by atoms with Gasteiger partial charge in [0.15, 0.2) is 5.78 Å².